The molecule has 1 fully saturated rings. The number of aromatic nitrogens is 1. The summed E-state index contributed by atoms with van der Waals surface area (Å²) in [7, 11) is 3.40. The first-order valence-corrected chi connectivity index (χ1v) is 13.9. The number of benzene rings is 3. The second kappa shape index (κ2) is 11.4. The highest BCUT2D eigenvalue weighted by Gasteiger charge is 2.26. The number of aromatic hydroxyl groups is 1. The number of fused-ring (bicyclic) bond motifs is 2. The normalized spacial score (nSPS) is 16.2. The number of H-pyrrole nitrogens is 1. The molecule has 0 radical (unpaired) electrons. The van der Waals surface area contributed by atoms with Crippen LogP contribution in [-0.4, -0.2) is 89.3 Å². The topological polar surface area (TPSA) is 101 Å². The average Bonchev–Trinajstić information content (AvgIpc) is 3.56. The Balaban J connectivity index is 1.32. The molecule has 10 heteroatoms. The third-order valence-corrected chi connectivity index (χ3v) is 8.01. The SMILES string of the molecule is COC(=O)c1ccc2c(C(=Nc3ccc4c(c3)CN(C(=O)CN3CCN(C)CC3)C4)c3ccc(F)cc3)c(O)[nH]c2c1. The maximum absolute atomic E-state index is 13.8. The molecule has 1 amide bonds. The lowest BCUT2D eigenvalue weighted by atomic mass is 10.00. The smallest absolute Gasteiger partial charge is 0.337 e. The number of amides is 1. The van der Waals surface area contributed by atoms with E-state index in [4.69, 9.17) is 9.73 Å². The molecule has 42 heavy (non-hydrogen) atoms. The summed E-state index contributed by atoms with van der Waals surface area (Å²) >= 11 is 0. The summed E-state index contributed by atoms with van der Waals surface area (Å²) in [5.41, 5.74) is 5.08. The minimum Gasteiger partial charge on any atom is -0.494 e. The monoisotopic (exact) mass is 569 g/mol. The van der Waals surface area contributed by atoms with Crippen molar-refractivity contribution in [1.29, 1.82) is 0 Å². The Morgan fingerprint density at radius 2 is 1.67 bits per heavy atom. The van der Waals surface area contributed by atoms with Gasteiger partial charge in [-0.3, -0.25) is 9.69 Å². The van der Waals surface area contributed by atoms with Gasteiger partial charge < -0.3 is 24.6 Å². The Kier molecular flexibility index (Phi) is 7.49. The predicted molar refractivity (Wildman–Crippen MR) is 158 cm³/mol. The van der Waals surface area contributed by atoms with E-state index >= 15 is 0 Å². The van der Waals surface area contributed by atoms with Crippen LogP contribution in [0.3, 0.4) is 0 Å². The van der Waals surface area contributed by atoms with Crippen LogP contribution < -0.4 is 0 Å². The van der Waals surface area contributed by atoms with Gasteiger partial charge in [-0.05, 0) is 66.7 Å². The fraction of sp³-hybridized carbons (Fsp3) is 0.281. The van der Waals surface area contributed by atoms with Gasteiger partial charge in [0.2, 0.25) is 5.91 Å². The molecule has 9 nitrogen and oxygen atoms in total. The summed E-state index contributed by atoms with van der Waals surface area (Å²) in [6.07, 6.45) is 0. The van der Waals surface area contributed by atoms with E-state index in [1.54, 1.807) is 30.3 Å². The van der Waals surface area contributed by atoms with Gasteiger partial charge >= 0.3 is 5.97 Å². The Labute approximate surface area is 242 Å². The third-order valence-electron chi connectivity index (χ3n) is 8.01. The van der Waals surface area contributed by atoms with Crippen LogP contribution in [0.15, 0.2) is 65.7 Å². The lowest BCUT2D eigenvalue weighted by Gasteiger charge is -2.32. The Morgan fingerprint density at radius 1 is 0.952 bits per heavy atom. The van der Waals surface area contributed by atoms with Crippen molar-refractivity contribution in [3.63, 3.8) is 0 Å². The number of rotatable bonds is 6. The molecule has 6 rings (SSSR count). The number of aromatic amines is 1. The van der Waals surface area contributed by atoms with Gasteiger partial charge in [0.1, 0.15) is 5.82 Å². The van der Waals surface area contributed by atoms with E-state index in [0.29, 0.717) is 58.6 Å². The van der Waals surface area contributed by atoms with Gasteiger partial charge in [0.25, 0.3) is 0 Å². The van der Waals surface area contributed by atoms with Crippen LogP contribution in [0.2, 0.25) is 0 Å². The van der Waals surface area contributed by atoms with Crippen molar-refractivity contribution in [1.82, 2.24) is 19.7 Å². The lowest BCUT2D eigenvalue weighted by molar-refractivity contribution is -0.133. The average molecular weight is 570 g/mol. The number of hydrogen-bond acceptors (Lipinski definition) is 7. The van der Waals surface area contributed by atoms with Gasteiger partial charge in [0, 0.05) is 55.7 Å². The van der Waals surface area contributed by atoms with E-state index in [-0.39, 0.29) is 17.6 Å². The van der Waals surface area contributed by atoms with E-state index < -0.39 is 5.97 Å². The molecule has 0 saturated carbocycles. The van der Waals surface area contributed by atoms with Crippen molar-refractivity contribution in [3.05, 3.63) is 94.3 Å². The number of hydrogen-bond donors (Lipinski definition) is 2. The molecule has 0 aliphatic carbocycles. The predicted octanol–water partition coefficient (Wildman–Crippen LogP) is 4.06. The van der Waals surface area contributed by atoms with Gasteiger partial charge in [-0.15, -0.1) is 0 Å². The molecule has 1 aromatic heterocycles. The maximum Gasteiger partial charge on any atom is 0.337 e. The molecular formula is C32H32FN5O4. The summed E-state index contributed by atoms with van der Waals surface area (Å²) in [5, 5.41) is 11.7. The Morgan fingerprint density at radius 3 is 2.40 bits per heavy atom. The van der Waals surface area contributed by atoms with Crippen LogP contribution in [0.1, 0.15) is 32.6 Å². The highest BCUT2D eigenvalue weighted by Crippen LogP contribution is 2.34. The Bertz CT molecular complexity index is 1690. The number of halogens is 1. The van der Waals surface area contributed by atoms with Crippen LogP contribution in [0.25, 0.3) is 10.9 Å². The van der Waals surface area contributed by atoms with E-state index in [2.05, 4.69) is 21.8 Å². The number of aliphatic imine (C=N–C) groups is 1. The molecule has 0 unspecified atom stereocenters. The molecule has 0 spiro atoms. The number of ether oxygens (including phenoxy) is 1. The van der Waals surface area contributed by atoms with Crippen molar-refractivity contribution < 1.29 is 23.8 Å². The summed E-state index contributed by atoms with van der Waals surface area (Å²) in [5.74, 6) is -0.892. The molecule has 2 N–H and O–H groups in total. The van der Waals surface area contributed by atoms with E-state index in [0.717, 1.165) is 37.3 Å². The molecule has 0 atom stereocenters. The number of methoxy groups -OCH3 is 1. The summed E-state index contributed by atoms with van der Waals surface area (Å²) in [6, 6.07) is 16.7. The second-order valence-corrected chi connectivity index (χ2v) is 10.9. The van der Waals surface area contributed by atoms with Gasteiger partial charge in [0.15, 0.2) is 5.88 Å². The number of likely N-dealkylation sites (N-methyl/N-ethyl adjacent to an activating group) is 1. The number of esters is 1. The van der Waals surface area contributed by atoms with Crippen molar-refractivity contribution in [3.8, 4) is 5.88 Å². The van der Waals surface area contributed by atoms with Crippen LogP contribution >= 0.6 is 0 Å². The molecule has 3 aromatic carbocycles. The fourth-order valence-corrected chi connectivity index (χ4v) is 5.59. The number of nitrogens with one attached hydrogen (secondary N) is 1. The molecule has 2 aliphatic heterocycles. The van der Waals surface area contributed by atoms with E-state index in [1.807, 2.05) is 23.1 Å². The molecule has 0 bridgehead atoms. The first kappa shape index (κ1) is 27.6. The van der Waals surface area contributed by atoms with Crippen molar-refractivity contribution in [2.45, 2.75) is 13.1 Å². The zero-order valence-corrected chi connectivity index (χ0v) is 23.6. The van der Waals surface area contributed by atoms with Crippen molar-refractivity contribution in [2.75, 3.05) is 46.9 Å². The Hall–Kier alpha value is -4.54. The summed E-state index contributed by atoms with van der Waals surface area (Å²) < 4.78 is 18.7. The first-order valence-electron chi connectivity index (χ1n) is 13.9. The first-order chi connectivity index (χ1) is 20.3. The number of carbonyl (C=O) groups excluding carboxylic acids is 2. The number of piperazine rings is 1. The van der Waals surface area contributed by atoms with Crippen LogP contribution in [0.4, 0.5) is 10.1 Å². The van der Waals surface area contributed by atoms with Crippen molar-refractivity contribution in [2.24, 2.45) is 4.99 Å². The zero-order chi connectivity index (χ0) is 29.4. The molecule has 4 aromatic rings. The summed E-state index contributed by atoms with van der Waals surface area (Å²) in [6.45, 7) is 5.18. The van der Waals surface area contributed by atoms with Gasteiger partial charge in [-0.1, -0.05) is 12.1 Å². The van der Waals surface area contributed by atoms with E-state index in [9.17, 15) is 19.1 Å². The van der Waals surface area contributed by atoms with Crippen LogP contribution in [0, 0.1) is 5.82 Å². The molecule has 1 saturated heterocycles. The van der Waals surface area contributed by atoms with Gasteiger partial charge in [-0.25, -0.2) is 14.2 Å². The second-order valence-electron chi connectivity index (χ2n) is 10.9. The number of nitrogens with zero attached hydrogens (tertiary/aromatic N) is 4. The molecular weight excluding hydrogens is 537 g/mol. The largest absolute Gasteiger partial charge is 0.494 e. The highest BCUT2D eigenvalue weighted by molar-refractivity contribution is 6.22. The maximum atomic E-state index is 13.8. The third kappa shape index (κ3) is 5.50. The molecule has 3 heterocycles. The quantitative estimate of drug-likeness (QED) is 0.268. The lowest BCUT2D eigenvalue weighted by Crippen LogP contribution is -2.48. The minimum absolute atomic E-state index is 0.114. The molecule has 216 valence electrons. The van der Waals surface area contributed by atoms with Gasteiger partial charge in [-0.2, -0.15) is 0 Å². The van der Waals surface area contributed by atoms with Gasteiger partial charge in [0.05, 0.1) is 36.2 Å². The highest BCUT2D eigenvalue weighted by atomic mass is 19.1. The summed E-state index contributed by atoms with van der Waals surface area (Å²) in [4.78, 5) is 39.4. The van der Waals surface area contributed by atoms with Crippen molar-refractivity contribution >= 4 is 34.2 Å². The zero-order valence-electron chi connectivity index (χ0n) is 23.6. The molecule has 2 aliphatic rings. The van der Waals surface area contributed by atoms with Crippen LogP contribution in [0.5, 0.6) is 5.88 Å². The minimum atomic E-state index is -0.492. The number of carbonyl (C=O) groups is 2. The standard InChI is InChI=1S/C32H32FN5O4/c1-36-11-13-37(14-12-36)19-28(39)38-17-22-5-9-25(15-23(22)18-38)34-30(20-3-7-24(33)8-4-20)29-26-10-6-21(32(41)42-2)16-27(26)35-31(29)40/h3-10,15-16,35,40H,11-14,17-19H2,1-2H3. The van der Waals surface area contributed by atoms with Crippen LogP contribution in [-0.2, 0) is 22.6 Å². The fourth-order valence-electron chi connectivity index (χ4n) is 5.59. The van der Waals surface area contributed by atoms with E-state index in [1.165, 1.54) is 19.2 Å².